The molecular weight excluding hydrogens is 328 g/mol. The summed E-state index contributed by atoms with van der Waals surface area (Å²) in [6.45, 7) is 0. The molecule has 3 rings (SSSR count). The number of aromatic amines is 1. The average molecular weight is 344 g/mol. The Bertz CT molecular complexity index is 762. The van der Waals surface area contributed by atoms with Crippen molar-refractivity contribution in [2.24, 2.45) is 0 Å². The number of carbonyl (C=O) groups is 3. The van der Waals surface area contributed by atoms with E-state index in [1.807, 2.05) is 6.07 Å². The number of hydrogen-bond acceptors (Lipinski definition) is 5. The van der Waals surface area contributed by atoms with Crippen LogP contribution in [0.25, 0.3) is 0 Å². The number of aliphatic carboxylic acids is 1. The van der Waals surface area contributed by atoms with Crippen molar-refractivity contribution < 1.29 is 24.2 Å². The van der Waals surface area contributed by atoms with Crippen LogP contribution >= 0.6 is 0 Å². The van der Waals surface area contributed by atoms with Gasteiger partial charge in [-0.1, -0.05) is 18.2 Å². The summed E-state index contributed by atoms with van der Waals surface area (Å²) >= 11 is 0. The first-order chi connectivity index (χ1) is 12.0. The van der Waals surface area contributed by atoms with Crippen molar-refractivity contribution in [1.82, 2.24) is 15.3 Å². The second-order valence-corrected chi connectivity index (χ2v) is 5.51. The van der Waals surface area contributed by atoms with Crippen LogP contribution in [0, 0.1) is 0 Å². The highest BCUT2D eigenvalue weighted by molar-refractivity contribution is 5.99. The average Bonchev–Trinajstić information content (AvgIpc) is 3.25. The third-order valence-electron chi connectivity index (χ3n) is 3.65. The molecule has 0 bridgehead atoms. The van der Waals surface area contributed by atoms with Crippen LogP contribution in [0.2, 0.25) is 0 Å². The van der Waals surface area contributed by atoms with Gasteiger partial charge in [0.15, 0.2) is 12.2 Å². The molecule has 0 spiro atoms. The molecule has 25 heavy (non-hydrogen) atoms. The Hall–Kier alpha value is -3.20. The molecule has 9 nitrogen and oxygen atoms in total. The van der Waals surface area contributed by atoms with Gasteiger partial charge in [-0.05, 0) is 12.1 Å². The van der Waals surface area contributed by atoms with Gasteiger partial charge < -0.3 is 25.5 Å². The number of aromatic nitrogens is 2. The van der Waals surface area contributed by atoms with Crippen molar-refractivity contribution in [3.05, 3.63) is 48.5 Å². The van der Waals surface area contributed by atoms with Gasteiger partial charge in [-0.2, -0.15) is 0 Å². The molecule has 1 unspecified atom stereocenters. The van der Waals surface area contributed by atoms with E-state index in [1.54, 1.807) is 30.5 Å². The minimum absolute atomic E-state index is 0.175. The standard InChI is InChI=1S/C16H16N4O5/c21-14(19-9-4-2-1-3-5-9)11(6-10-7-17-8-18-10)20-15(22)12-13(25-12)16(23)24/h1-5,7-8,11-13H,6H2,(H,17,18)(H,19,21)(H,20,22)(H,23,24)/t11?,12-,13-/m0/s1. The molecule has 0 saturated carbocycles. The molecule has 0 radical (unpaired) electrons. The summed E-state index contributed by atoms with van der Waals surface area (Å²) in [6.07, 6.45) is 0.946. The fraction of sp³-hybridized carbons (Fsp3) is 0.250. The van der Waals surface area contributed by atoms with Crippen LogP contribution in [0.1, 0.15) is 5.69 Å². The van der Waals surface area contributed by atoms with Gasteiger partial charge in [0.1, 0.15) is 6.04 Å². The first-order valence-corrected chi connectivity index (χ1v) is 7.56. The minimum Gasteiger partial charge on any atom is -0.479 e. The van der Waals surface area contributed by atoms with Gasteiger partial charge in [0.25, 0.3) is 5.91 Å². The maximum absolute atomic E-state index is 12.5. The molecule has 1 aromatic heterocycles. The molecule has 1 aromatic carbocycles. The fourth-order valence-electron chi connectivity index (χ4n) is 2.33. The van der Waals surface area contributed by atoms with Gasteiger partial charge in [0.2, 0.25) is 5.91 Å². The van der Waals surface area contributed by atoms with E-state index in [9.17, 15) is 14.4 Å². The number of anilines is 1. The summed E-state index contributed by atoms with van der Waals surface area (Å²) in [5.74, 6) is -2.28. The number of epoxide rings is 1. The Morgan fingerprint density at radius 2 is 2.00 bits per heavy atom. The van der Waals surface area contributed by atoms with Crippen LogP contribution < -0.4 is 10.6 Å². The number of H-pyrrole nitrogens is 1. The number of nitrogens with zero attached hydrogens (tertiary/aromatic N) is 1. The lowest BCUT2D eigenvalue weighted by Gasteiger charge is -2.17. The molecule has 4 N–H and O–H groups in total. The summed E-state index contributed by atoms with van der Waals surface area (Å²) in [5.41, 5.74) is 1.24. The van der Waals surface area contributed by atoms with E-state index in [4.69, 9.17) is 9.84 Å². The van der Waals surface area contributed by atoms with Crippen molar-refractivity contribution in [3.8, 4) is 0 Å². The molecule has 0 aliphatic carbocycles. The van der Waals surface area contributed by atoms with E-state index >= 15 is 0 Å². The van der Waals surface area contributed by atoms with Crippen LogP contribution in [0.5, 0.6) is 0 Å². The van der Waals surface area contributed by atoms with Crippen molar-refractivity contribution in [2.75, 3.05) is 5.32 Å². The van der Waals surface area contributed by atoms with E-state index in [0.29, 0.717) is 11.4 Å². The summed E-state index contributed by atoms with van der Waals surface area (Å²) < 4.78 is 4.81. The number of rotatable bonds is 7. The third-order valence-corrected chi connectivity index (χ3v) is 3.65. The lowest BCUT2D eigenvalue weighted by Crippen LogP contribution is -2.47. The van der Waals surface area contributed by atoms with Crippen LogP contribution in [-0.4, -0.2) is 51.1 Å². The SMILES string of the molecule is O=C(Nc1ccccc1)C(Cc1cnc[nH]1)NC(=O)[C@H]1O[C@@H]1C(=O)O. The lowest BCUT2D eigenvalue weighted by atomic mass is 10.1. The number of hydrogen-bond donors (Lipinski definition) is 4. The smallest absolute Gasteiger partial charge is 0.336 e. The van der Waals surface area contributed by atoms with E-state index < -0.39 is 36.0 Å². The number of imidazole rings is 1. The van der Waals surface area contributed by atoms with Crippen molar-refractivity contribution in [1.29, 1.82) is 0 Å². The second-order valence-electron chi connectivity index (χ2n) is 5.51. The van der Waals surface area contributed by atoms with E-state index in [-0.39, 0.29) is 6.42 Å². The monoisotopic (exact) mass is 344 g/mol. The Balaban J connectivity index is 1.67. The van der Waals surface area contributed by atoms with Crippen LogP contribution in [0.15, 0.2) is 42.9 Å². The maximum Gasteiger partial charge on any atom is 0.336 e. The second kappa shape index (κ2) is 7.14. The molecule has 130 valence electrons. The van der Waals surface area contributed by atoms with E-state index in [1.165, 1.54) is 6.33 Å². The normalized spacial score (nSPS) is 19.7. The molecule has 9 heteroatoms. The molecule has 1 saturated heterocycles. The largest absolute Gasteiger partial charge is 0.479 e. The van der Waals surface area contributed by atoms with Gasteiger partial charge in [-0.3, -0.25) is 9.59 Å². The molecule has 2 heterocycles. The van der Waals surface area contributed by atoms with Crippen LogP contribution in [-0.2, 0) is 25.5 Å². The zero-order valence-electron chi connectivity index (χ0n) is 13.0. The summed E-state index contributed by atoms with van der Waals surface area (Å²) in [5, 5.41) is 14.1. The van der Waals surface area contributed by atoms with E-state index in [2.05, 4.69) is 20.6 Å². The fourth-order valence-corrected chi connectivity index (χ4v) is 2.33. The highest BCUT2D eigenvalue weighted by Gasteiger charge is 2.51. The van der Waals surface area contributed by atoms with Crippen molar-refractivity contribution in [2.45, 2.75) is 24.7 Å². The molecule has 1 aliphatic heterocycles. The van der Waals surface area contributed by atoms with Gasteiger partial charge in [0.05, 0.1) is 6.33 Å². The molecule has 2 amide bonds. The molecule has 3 atom stereocenters. The first kappa shape index (κ1) is 16.7. The Kier molecular flexibility index (Phi) is 4.75. The zero-order chi connectivity index (χ0) is 17.8. The Labute approximate surface area is 142 Å². The number of amides is 2. The number of nitrogens with one attached hydrogen (secondary N) is 3. The van der Waals surface area contributed by atoms with E-state index in [0.717, 1.165) is 0 Å². The quantitative estimate of drug-likeness (QED) is 0.519. The lowest BCUT2D eigenvalue weighted by molar-refractivity contribution is -0.138. The third kappa shape index (κ3) is 4.21. The van der Waals surface area contributed by atoms with Gasteiger partial charge in [-0.15, -0.1) is 0 Å². The first-order valence-electron chi connectivity index (χ1n) is 7.56. The minimum atomic E-state index is -1.21. The maximum atomic E-state index is 12.5. The number of benzene rings is 1. The number of para-hydroxylation sites is 1. The Morgan fingerprint density at radius 3 is 2.60 bits per heavy atom. The number of carboxylic acid groups (broad SMARTS) is 1. The highest BCUT2D eigenvalue weighted by Crippen LogP contribution is 2.22. The summed E-state index contributed by atoms with van der Waals surface area (Å²) in [4.78, 5) is 42.2. The summed E-state index contributed by atoms with van der Waals surface area (Å²) in [7, 11) is 0. The number of ether oxygens (including phenoxy) is 1. The molecule has 2 aromatic rings. The Morgan fingerprint density at radius 1 is 1.24 bits per heavy atom. The molecule has 1 fully saturated rings. The predicted molar refractivity (Wildman–Crippen MR) is 85.6 cm³/mol. The van der Waals surface area contributed by atoms with Crippen LogP contribution in [0.4, 0.5) is 5.69 Å². The van der Waals surface area contributed by atoms with Gasteiger partial charge in [0, 0.05) is 24.0 Å². The number of carbonyl (C=O) groups excluding carboxylic acids is 2. The van der Waals surface area contributed by atoms with Gasteiger partial charge >= 0.3 is 5.97 Å². The highest BCUT2D eigenvalue weighted by atomic mass is 16.6. The zero-order valence-corrected chi connectivity index (χ0v) is 13.0. The number of carboxylic acids is 1. The molecular formula is C16H16N4O5. The predicted octanol–water partition coefficient (Wildman–Crippen LogP) is -0.0723. The topological polar surface area (TPSA) is 137 Å². The summed E-state index contributed by atoms with van der Waals surface area (Å²) in [6, 6.07) is 7.89. The molecule has 1 aliphatic rings. The van der Waals surface area contributed by atoms with Crippen molar-refractivity contribution in [3.63, 3.8) is 0 Å². The van der Waals surface area contributed by atoms with Crippen molar-refractivity contribution >= 4 is 23.5 Å². The van der Waals surface area contributed by atoms with Crippen LogP contribution in [0.3, 0.4) is 0 Å². The van der Waals surface area contributed by atoms with Gasteiger partial charge in [-0.25, -0.2) is 9.78 Å².